The number of carbonyl (C=O) groups excluding carboxylic acids is 1. The van der Waals surface area contributed by atoms with Crippen LogP contribution in [0.3, 0.4) is 0 Å². The Kier molecular flexibility index (Phi) is 5.01. The molecule has 0 saturated carbocycles. The largest absolute Gasteiger partial charge is 0.448 e. The van der Waals surface area contributed by atoms with E-state index in [4.69, 9.17) is 9.47 Å². The summed E-state index contributed by atoms with van der Waals surface area (Å²) in [5.74, 6) is 0. The number of hydrogen-bond donors (Lipinski definition) is 0. The second-order valence-electron chi connectivity index (χ2n) is 5.12. The lowest BCUT2D eigenvalue weighted by Crippen LogP contribution is -2.16. The highest BCUT2D eigenvalue weighted by molar-refractivity contribution is 5.87. The van der Waals surface area contributed by atoms with Crippen LogP contribution >= 0.6 is 0 Å². The van der Waals surface area contributed by atoms with Crippen molar-refractivity contribution in [2.75, 3.05) is 13.2 Å². The van der Waals surface area contributed by atoms with Gasteiger partial charge in [0.05, 0.1) is 31.5 Å². The van der Waals surface area contributed by atoms with Crippen molar-refractivity contribution in [3.63, 3.8) is 0 Å². The van der Waals surface area contributed by atoms with E-state index in [1.165, 1.54) is 4.68 Å². The summed E-state index contributed by atoms with van der Waals surface area (Å²) in [6.45, 7) is 1.42. The van der Waals surface area contributed by atoms with Crippen LogP contribution < -0.4 is 0 Å². The smallest absolute Gasteiger partial charge is 0.435 e. The van der Waals surface area contributed by atoms with Crippen LogP contribution in [0.25, 0.3) is 10.9 Å². The van der Waals surface area contributed by atoms with Crippen molar-refractivity contribution in [3.05, 3.63) is 66.4 Å². The molecule has 2 aromatic carbocycles. The number of carbonyl (C=O) groups is 1. The standard InChI is InChI=1S/C18H18N2O3/c21-18(20-17-10-5-4-9-16(17)13-19-20)23-12-6-11-22-14-15-7-2-1-3-8-15/h1-5,7-10,13H,6,11-12,14H2. The predicted molar refractivity (Wildman–Crippen MR) is 87.2 cm³/mol. The number of rotatable bonds is 6. The first-order valence-corrected chi connectivity index (χ1v) is 7.56. The highest BCUT2D eigenvalue weighted by Crippen LogP contribution is 2.12. The molecule has 0 atom stereocenters. The molecule has 0 bridgehead atoms. The van der Waals surface area contributed by atoms with Crippen LogP contribution in [0.4, 0.5) is 4.79 Å². The van der Waals surface area contributed by atoms with E-state index in [9.17, 15) is 4.79 Å². The van der Waals surface area contributed by atoms with E-state index in [2.05, 4.69) is 5.10 Å². The fraction of sp³-hybridized carbons (Fsp3) is 0.222. The van der Waals surface area contributed by atoms with Crippen LogP contribution in [0.1, 0.15) is 12.0 Å². The van der Waals surface area contributed by atoms with Gasteiger partial charge in [0, 0.05) is 11.8 Å². The van der Waals surface area contributed by atoms with Gasteiger partial charge in [-0.25, -0.2) is 4.79 Å². The fourth-order valence-corrected chi connectivity index (χ4v) is 2.26. The number of fused-ring (bicyclic) bond motifs is 1. The van der Waals surface area contributed by atoms with Crippen molar-refractivity contribution in [1.82, 2.24) is 9.78 Å². The van der Waals surface area contributed by atoms with Gasteiger partial charge in [-0.05, 0) is 11.6 Å². The maximum absolute atomic E-state index is 12.0. The van der Waals surface area contributed by atoms with Gasteiger partial charge in [0.2, 0.25) is 0 Å². The van der Waals surface area contributed by atoms with Crippen LogP contribution in [0.15, 0.2) is 60.8 Å². The minimum atomic E-state index is -0.464. The molecular formula is C18H18N2O3. The Morgan fingerprint density at radius 3 is 2.65 bits per heavy atom. The van der Waals surface area contributed by atoms with E-state index in [0.717, 1.165) is 16.5 Å². The molecule has 0 unspecified atom stereocenters. The fourth-order valence-electron chi connectivity index (χ4n) is 2.26. The van der Waals surface area contributed by atoms with E-state index < -0.39 is 6.09 Å². The third-order valence-corrected chi connectivity index (χ3v) is 3.42. The predicted octanol–water partition coefficient (Wildman–Crippen LogP) is 3.63. The Hall–Kier alpha value is -2.66. The van der Waals surface area contributed by atoms with E-state index in [-0.39, 0.29) is 0 Å². The number of para-hydroxylation sites is 1. The molecule has 1 aromatic heterocycles. The summed E-state index contributed by atoms with van der Waals surface area (Å²) in [6.07, 6.45) is 1.84. The van der Waals surface area contributed by atoms with Crippen molar-refractivity contribution in [2.24, 2.45) is 0 Å². The molecule has 3 aromatic rings. The first kappa shape index (κ1) is 15.2. The van der Waals surface area contributed by atoms with Gasteiger partial charge in [0.25, 0.3) is 0 Å². The monoisotopic (exact) mass is 310 g/mol. The molecule has 1 heterocycles. The zero-order valence-electron chi connectivity index (χ0n) is 12.7. The Balaban J connectivity index is 1.40. The molecule has 3 rings (SSSR count). The van der Waals surface area contributed by atoms with Crippen molar-refractivity contribution < 1.29 is 14.3 Å². The van der Waals surface area contributed by atoms with E-state index >= 15 is 0 Å². The molecule has 0 N–H and O–H groups in total. The molecule has 118 valence electrons. The van der Waals surface area contributed by atoms with Gasteiger partial charge in [0.1, 0.15) is 0 Å². The summed E-state index contributed by atoms with van der Waals surface area (Å²) < 4.78 is 12.1. The Morgan fingerprint density at radius 1 is 1.00 bits per heavy atom. The molecule has 0 fully saturated rings. The molecule has 0 radical (unpaired) electrons. The minimum absolute atomic E-state index is 0.307. The molecule has 5 heteroatoms. The maximum atomic E-state index is 12.0. The lowest BCUT2D eigenvalue weighted by molar-refractivity contribution is 0.0921. The molecule has 0 spiro atoms. The maximum Gasteiger partial charge on any atom is 0.435 e. The molecule has 0 aliphatic rings. The molecule has 0 amide bonds. The van der Waals surface area contributed by atoms with Gasteiger partial charge in [-0.15, -0.1) is 0 Å². The van der Waals surface area contributed by atoms with Gasteiger partial charge in [-0.2, -0.15) is 9.78 Å². The zero-order valence-corrected chi connectivity index (χ0v) is 12.7. The summed E-state index contributed by atoms with van der Waals surface area (Å²) in [4.78, 5) is 12.0. The van der Waals surface area contributed by atoms with Crippen molar-refractivity contribution in [1.29, 1.82) is 0 Å². The highest BCUT2D eigenvalue weighted by atomic mass is 16.6. The topological polar surface area (TPSA) is 53.4 Å². The van der Waals surface area contributed by atoms with Gasteiger partial charge in [0.15, 0.2) is 0 Å². The summed E-state index contributed by atoms with van der Waals surface area (Å²) in [5.41, 5.74) is 1.88. The first-order valence-electron chi connectivity index (χ1n) is 7.56. The van der Waals surface area contributed by atoms with E-state index in [1.54, 1.807) is 6.20 Å². The number of ether oxygens (including phenoxy) is 2. The van der Waals surface area contributed by atoms with Gasteiger partial charge >= 0.3 is 6.09 Å². The highest BCUT2D eigenvalue weighted by Gasteiger charge is 2.10. The van der Waals surface area contributed by atoms with Crippen LogP contribution in [0.2, 0.25) is 0 Å². The van der Waals surface area contributed by atoms with Crippen LogP contribution in [0.5, 0.6) is 0 Å². The average molecular weight is 310 g/mol. The lowest BCUT2D eigenvalue weighted by Gasteiger charge is -2.06. The third-order valence-electron chi connectivity index (χ3n) is 3.42. The van der Waals surface area contributed by atoms with Gasteiger partial charge < -0.3 is 9.47 Å². The first-order chi connectivity index (χ1) is 11.3. The number of nitrogens with zero attached hydrogens (tertiary/aromatic N) is 2. The molecule has 0 saturated heterocycles. The summed E-state index contributed by atoms with van der Waals surface area (Å²) >= 11 is 0. The Bertz CT molecular complexity index is 768. The second-order valence-corrected chi connectivity index (χ2v) is 5.12. The number of aromatic nitrogens is 2. The van der Waals surface area contributed by atoms with Crippen LogP contribution in [-0.2, 0) is 16.1 Å². The quantitative estimate of drug-likeness (QED) is 0.652. The Morgan fingerprint density at radius 2 is 1.78 bits per heavy atom. The summed E-state index contributed by atoms with van der Waals surface area (Å²) in [6, 6.07) is 17.5. The SMILES string of the molecule is O=C(OCCCOCc1ccccc1)n1ncc2ccccc21. The number of hydrogen-bond acceptors (Lipinski definition) is 4. The van der Waals surface area contributed by atoms with E-state index in [0.29, 0.717) is 26.2 Å². The normalized spacial score (nSPS) is 10.8. The lowest BCUT2D eigenvalue weighted by atomic mass is 10.2. The third kappa shape index (κ3) is 3.96. The minimum Gasteiger partial charge on any atom is -0.448 e. The molecule has 0 aliphatic heterocycles. The van der Waals surface area contributed by atoms with Crippen molar-refractivity contribution in [3.8, 4) is 0 Å². The van der Waals surface area contributed by atoms with Crippen molar-refractivity contribution >= 4 is 17.0 Å². The molecule has 23 heavy (non-hydrogen) atoms. The second kappa shape index (κ2) is 7.56. The average Bonchev–Trinajstić information content (AvgIpc) is 3.03. The summed E-state index contributed by atoms with van der Waals surface area (Å²) in [7, 11) is 0. The molecule has 0 aliphatic carbocycles. The van der Waals surface area contributed by atoms with Crippen LogP contribution in [-0.4, -0.2) is 29.1 Å². The van der Waals surface area contributed by atoms with Gasteiger partial charge in [-0.1, -0.05) is 48.5 Å². The zero-order chi connectivity index (χ0) is 15.9. The van der Waals surface area contributed by atoms with Crippen LogP contribution in [0, 0.1) is 0 Å². The molecular weight excluding hydrogens is 292 g/mol. The number of benzene rings is 2. The van der Waals surface area contributed by atoms with Gasteiger partial charge in [-0.3, -0.25) is 0 Å². The summed E-state index contributed by atoms with van der Waals surface area (Å²) in [5, 5.41) is 4.97. The Labute approximate surface area is 134 Å². The van der Waals surface area contributed by atoms with Crippen molar-refractivity contribution in [2.45, 2.75) is 13.0 Å². The van der Waals surface area contributed by atoms with E-state index in [1.807, 2.05) is 54.6 Å². The molecule has 5 nitrogen and oxygen atoms in total.